The number of nitrogens with zero attached hydrogens (tertiary/aromatic N) is 2. The van der Waals surface area contributed by atoms with Crippen LogP contribution in [0.3, 0.4) is 0 Å². The summed E-state index contributed by atoms with van der Waals surface area (Å²) in [5.74, 6) is 0.0866. The summed E-state index contributed by atoms with van der Waals surface area (Å²) in [7, 11) is 0. The maximum absolute atomic E-state index is 13.8. The Kier molecular flexibility index (Phi) is 5.66. The quantitative estimate of drug-likeness (QED) is 0.804. The topological polar surface area (TPSA) is 32.8 Å². The van der Waals surface area contributed by atoms with Crippen LogP contribution in [0.1, 0.15) is 0 Å². The highest BCUT2D eigenvalue weighted by Gasteiger charge is 2.22. The SMILES string of the molecule is O=C(COc1cc(Cl)cc(Cl)c1)N1CCN(c2ccccc2F)CC1. The van der Waals surface area contributed by atoms with Crippen molar-refractivity contribution in [2.24, 2.45) is 0 Å². The van der Waals surface area contributed by atoms with Gasteiger partial charge in [-0.2, -0.15) is 0 Å². The number of rotatable bonds is 4. The summed E-state index contributed by atoms with van der Waals surface area (Å²) < 4.78 is 19.3. The second-order valence-electron chi connectivity index (χ2n) is 5.71. The van der Waals surface area contributed by atoms with E-state index in [9.17, 15) is 9.18 Å². The van der Waals surface area contributed by atoms with E-state index >= 15 is 0 Å². The minimum atomic E-state index is -0.247. The second-order valence-corrected chi connectivity index (χ2v) is 6.59. The Morgan fingerprint density at radius 1 is 1.04 bits per heavy atom. The van der Waals surface area contributed by atoms with Gasteiger partial charge in [-0.05, 0) is 30.3 Å². The minimum Gasteiger partial charge on any atom is -0.484 e. The van der Waals surface area contributed by atoms with Crippen LogP contribution in [0.2, 0.25) is 10.0 Å². The van der Waals surface area contributed by atoms with Crippen molar-refractivity contribution < 1.29 is 13.9 Å². The summed E-state index contributed by atoms with van der Waals surface area (Å²) >= 11 is 11.8. The van der Waals surface area contributed by atoms with Crippen molar-refractivity contribution in [1.82, 2.24) is 4.90 Å². The summed E-state index contributed by atoms with van der Waals surface area (Å²) in [5.41, 5.74) is 0.569. The van der Waals surface area contributed by atoms with Crippen molar-refractivity contribution in [2.75, 3.05) is 37.7 Å². The molecule has 0 radical (unpaired) electrons. The normalized spacial score (nSPS) is 14.5. The summed E-state index contributed by atoms with van der Waals surface area (Å²) in [5, 5.41) is 0.905. The molecule has 132 valence electrons. The largest absolute Gasteiger partial charge is 0.484 e. The van der Waals surface area contributed by atoms with Gasteiger partial charge >= 0.3 is 0 Å². The van der Waals surface area contributed by atoms with Crippen LogP contribution in [0.25, 0.3) is 0 Å². The molecule has 2 aromatic carbocycles. The molecule has 0 saturated carbocycles. The lowest BCUT2D eigenvalue weighted by Crippen LogP contribution is -2.50. The van der Waals surface area contributed by atoms with E-state index in [0.717, 1.165) is 0 Å². The minimum absolute atomic E-state index is 0.0869. The smallest absolute Gasteiger partial charge is 0.260 e. The fraction of sp³-hybridized carbons (Fsp3) is 0.278. The van der Waals surface area contributed by atoms with Gasteiger partial charge in [-0.15, -0.1) is 0 Å². The molecule has 0 unspecified atom stereocenters. The van der Waals surface area contributed by atoms with Gasteiger partial charge in [0.2, 0.25) is 0 Å². The van der Waals surface area contributed by atoms with Crippen LogP contribution in [0, 0.1) is 5.82 Å². The number of ether oxygens (including phenoxy) is 1. The molecule has 1 amide bonds. The number of halogens is 3. The Labute approximate surface area is 155 Å². The third-order valence-corrected chi connectivity index (χ3v) is 4.46. The number of hydrogen-bond donors (Lipinski definition) is 0. The first-order valence-electron chi connectivity index (χ1n) is 7.89. The number of amides is 1. The third-order valence-electron chi connectivity index (χ3n) is 4.02. The zero-order valence-corrected chi connectivity index (χ0v) is 14.9. The molecule has 4 nitrogen and oxygen atoms in total. The molecule has 0 aromatic heterocycles. The lowest BCUT2D eigenvalue weighted by atomic mass is 10.2. The van der Waals surface area contributed by atoms with Crippen LogP contribution in [-0.4, -0.2) is 43.6 Å². The number of piperazine rings is 1. The lowest BCUT2D eigenvalue weighted by molar-refractivity contribution is -0.133. The maximum Gasteiger partial charge on any atom is 0.260 e. The molecule has 7 heteroatoms. The molecule has 0 atom stereocenters. The maximum atomic E-state index is 13.8. The van der Waals surface area contributed by atoms with Gasteiger partial charge in [0.05, 0.1) is 5.69 Å². The predicted octanol–water partition coefficient (Wildman–Crippen LogP) is 3.86. The van der Waals surface area contributed by atoms with Crippen molar-refractivity contribution in [2.45, 2.75) is 0 Å². The first-order valence-corrected chi connectivity index (χ1v) is 8.64. The van der Waals surface area contributed by atoms with Gasteiger partial charge in [-0.1, -0.05) is 35.3 Å². The summed E-state index contributed by atoms with van der Waals surface area (Å²) in [6.45, 7) is 2.11. The van der Waals surface area contributed by atoms with Crippen LogP contribution in [0.4, 0.5) is 10.1 Å². The summed E-state index contributed by atoms with van der Waals surface area (Å²) in [6, 6.07) is 11.5. The molecule has 1 saturated heterocycles. The number of benzene rings is 2. The summed E-state index contributed by atoms with van der Waals surface area (Å²) in [4.78, 5) is 15.9. The monoisotopic (exact) mass is 382 g/mol. The number of hydrogen-bond acceptors (Lipinski definition) is 3. The number of carbonyl (C=O) groups is 1. The fourth-order valence-corrected chi connectivity index (χ4v) is 3.26. The number of para-hydroxylation sites is 1. The van der Waals surface area contributed by atoms with Gasteiger partial charge in [0.15, 0.2) is 6.61 Å². The first-order chi connectivity index (χ1) is 12.0. The van der Waals surface area contributed by atoms with E-state index < -0.39 is 0 Å². The van der Waals surface area contributed by atoms with Crippen LogP contribution in [-0.2, 0) is 4.79 Å². The van der Waals surface area contributed by atoms with Crippen LogP contribution < -0.4 is 9.64 Å². The first kappa shape index (κ1) is 17.8. The molecule has 1 aliphatic heterocycles. The number of carbonyl (C=O) groups excluding carboxylic acids is 1. The Bertz CT molecular complexity index is 744. The molecule has 1 fully saturated rings. The number of anilines is 1. The average Bonchev–Trinajstić information content (AvgIpc) is 2.59. The van der Waals surface area contributed by atoms with Gasteiger partial charge in [0.1, 0.15) is 11.6 Å². The van der Waals surface area contributed by atoms with Crippen molar-refractivity contribution in [3.8, 4) is 5.75 Å². The molecule has 1 heterocycles. The Morgan fingerprint density at radius 3 is 2.32 bits per heavy atom. The second kappa shape index (κ2) is 7.93. The predicted molar refractivity (Wildman–Crippen MR) is 97.2 cm³/mol. The van der Waals surface area contributed by atoms with Crippen LogP contribution in [0.15, 0.2) is 42.5 Å². The van der Waals surface area contributed by atoms with E-state index in [2.05, 4.69) is 0 Å². The van der Waals surface area contributed by atoms with Gasteiger partial charge in [0, 0.05) is 36.2 Å². The van der Waals surface area contributed by atoms with Gasteiger partial charge in [-0.3, -0.25) is 4.79 Å². The van der Waals surface area contributed by atoms with E-state index in [0.29, 0.717) is 47.7 Å². The van der Waals surface area contributed by atoms with Crippen molar-refractivity contribution >= 4 is 34.8 Å². The standard InChI is InChI=1S/C18H17Cl2FN2O2/c19-13-9-14(20)11-15(10-13)25-12-18(24)23-7-5-22(6-8-23)17-4-2-1-3-16(17)21/h1-4,9-11H,5-8,12H2. The van der Waals surface area contributed by atoms with Crippen LogP contribution in [0.5, 0.6) is 5.75 Å². The van der Waals surface area contributed by atoms with Crippen molar-refractivity contribution in [3.63, 3.8) is 0 Å². The Morgan fingerprint density at radius 2 is 1.68 bits per heavy atom. The van der Waals surface area contributed by atoms with E-state index in [1.165, 1.54) is 6.07 Å². The highest BCUT2D eigenvalue weighted by molar-refractivity contribution is 6.34. The zero-order valence-electron chi connectivity index (χ0n) is 13.4. The molecule has 2 aromatic rings. The van der Waals surface area contributed by atoms with Crippen LogP contribution >= 0.6 is 23.2 Å². The molecular weight excluding hydrogens is 366 g/mol. The Hall–Kier alpha value is -1.98. The molecule has 25 heavy (non-hydrogen) atoms. The molecule has 0 aliphatic carbocycles. The lowest BCUT2D eigenvalue weighted by Gasteiger charge is -2.36. The highest BCUT2D eigenvalue weighted by atomic mass is 35.5. The zero-order chi connectivity index (χ0) is 17.8. The molecule has 0 bridgehead atoms. The van der Waals surface area contributed by atoms with Gasteiger partial charge in [0.25, 0.3) is 5.91 Å². The fourth-order valence-electron chi connectivity index (χ4n) is 2.75. The third kappa shape index (κ3) is 4.55. The highest BCUT2D eigenvalue weighted by Crippen LogP contribution is 2.24. The summed E-state index contributed by atoms with van der Waals surface area (Å²) in [6.07, 6.45) is 0. The van der Waals surface area contributed by atoms with Gasteiger partial charge < -0.3 is 14.5 Å². The van der Waals surface area contributed by atoms with Gasteiger partial charge in [-0.25, -0.2) is 4.39 Å². The molecule has 0 N–H and O–H groups in total. The molecular formula is C18H17Cl2FN2O2. The molecule has 0 spiro atoms. The van der Waals surface area contributed by atoms with E-state index in [1.807, 2.05) is 4.90 Å². The van der Waals surface area contributed by atoms with E-state index in [-0.39, 0.29) is 18.3 Å². The molecule has 3 rings (SSSR count). The van der Waals surface area contributed by atoms with E-state index in [1.54, 1.807) is 41.3 Å². The average molecular weight is 383 g/mol. The molecule has 1 aliphatic rings. The van der Waals surface area contributed by atoms with Crippen molar-refractivity contribution in [1.29, 1.82) is 0 Å². The van der Waals surface area contributed by atoms with Crippen molar-refractivity contribution in [3.05, 3.63) is 58.3 Å². The van der Waals surface area contributed by atoms with E-state index in [4.69, 9.17) is 27.9 Å². The Balaban J connectivity index is 1.52.